The number of carbonyl (C=O) groups excluding carboxylic acids is 3. The van der Waals surface area contributed by atoms with Crippen molar-refractivity contribution in [3.05, 3.63) is 63.9 Å². The number of rotatable bonds is 6. The van der Waals surface area contributed by atoms with Gasteiger partial charge in [-0.1, -0.05) is 12.1 Å². The van der Waals surface area contributed by atoms with Crippen LogP contribution in [-0.4, -0.2) is 82.9 Å². The van der Waals surface area contributed by atoms with E-state index < -0.39 is 52.6 Å². The van der Waals surface area contributed by atoms with Crippen molar-refractivity contribution in [2.24, 2.45) is 23.5 Å². The Morgan fingerprint density at radius 1 is 1.05 bits per heavy atom. The number of amides is 1. The van der Waals surface area contributed by atoms with Crippen molar-refractivity contribution in [1.29, 1.82) is 0 Å². The van der Waals surface area contributed by atoms with Crippen LogP contribution >= 0.6 is 0 Å². The van der Waals surface area contributed by atoms with Gasteiger partial charge in [-0.15, -0.1) is 0 Å². The highest BCUT2D eigenvalue weighted by molar-refractivity contribution is 6.28. The molecular formula is C33H37N3O7. The standard InChI is InChI=1S/C33H37N3O7/c1-35(2)28-21-14-17-13-20-18(19-12-16(6-9-23(19)43-3)15-36-10-4-5-11-36)7-8-22(37)25(20)29(38)24(17)30(39)26(21)31(40)27(32(28)41)33(34)42/h6-9,12,17,21,26,28,37-38,41H,4-5,10-11,13-15H2,1-3H3,(H2,34,42)/t17-,21+,26?,28-/m0/s1. The molecule has 10 nitrogen and oxygen atoms in total. The highest BCUT2D eigenvalue weighted by Crippen LogP contribution is 2.52. The number of nitrogens with zero attached hydrogens (tertiary/aromatic N) is 2. The number of primary amides is 1. The van der Waals surface area contributed by atoms with E-state index in [0.717, 1.165) is 36.3 Å². The van der Waals surface area contributed by atoms with Crippen molar-refractivity contribution < 1.29 is 34.4 Å². The van der Waals surface area contributed by atoms with Crippen LogP contribution in [0.1, 0.15) is 36.0 Å². The summed E-state index contributed by atoms with van der Waals surface area (Å²) in [7, 11) is 5.00. The number of carbonyl (C=O) groups is 3. The molecule has 226 valence electrons. The van der Waals surface area contributed by atoms with Gasteiger partial charge in [0, 0.05) is 17.7 Å². The molecule has 3 aliphatic carbocycles. The van der Waals surface area contributed by atoms with Crippen molar-refractivity contribution >= 4 is 23.2 Å². The number of nitrogens with two attached hydrogens (primary N) is 1. The maximum absolute atomic E-state index is 14.0. The minimum Gasteiger partial charge on any atom is -0.510 e. The summed E-state index contributed by atoms with van der Waals surface area (Å²) in [4.78, 5) is 43.7. The summed E-state index contributed by atoms with van der Waals surface area (Å²) in [5.74, 6) is -5.28. The Hall–Kier alpha value is -4.15. The average molecular weight is 588 g/mol. The molecule has 4 aliphatic rings. The number of methoxy groups -OCH3 is 1. The van der Waals surface area contributed by atoms with Gasteiger partial charge in [-0.05, 0) is 99.6 Å². The van der Waals surface area contributed by atoms with E-state index >= 15 is 0 Å². The van der Waals surface area contributed by atoms with E-state index in [1.165, 1.54) is 18.9 Å². The second-order valence-corrected chi connectivity index (χ2v) is 12.3. The number of likely N-dealkylation sites (tertiary alicyclic amines) is 1. The van der Waals surface area contributed by atoms with Gasteiger partial charge in [0.2, 0.25) is 0 Å². The summed E-state index contributed by atoms with van der Waals surface area (Å²) < 4.78 is 5.74. The number of phenolic OH excluding ortho intramolecular Hbond substituents is 1. The molecule has 5 N–H and O–H groups in total. The number of hydrogen-bond donors (Lipinski definition) is 4. The molecule has 43 heavy (non-hydrogen) atoms. The van der Waals surface area contributed by atoms with Crippen LogP contribution in [0.4, 0.5) is 0 Å². The summed E-state index contributed by atoms with van der Waals surface area (Å²) >= 11 is 0. The molecule has 1 saturated carbocycles. The van der Waals surface area contributed by atoms with Gasteiger partial charge in [0.15, 0.2) is 11.6 Å². The van der Waals surface area contributed by atoms with Gasteiger partial charge in [0.05, 0.1) is 24.6 Å². The Morgan fingerprint density at radius 2 is 1.77 bits per heavy atom. The Bertz CT molecular complexity index is 1600. The second-order valence-electron chi connectivity index (χ2n) is 12.3. The molecule has 0 spiro atoms. The summed E-state index contributed by atoms with van der Waals surface area (Å²) in [6, 6.07) is 8.57. The molecule has 0 bridgehead atoms. The third-order valence-electron chi connectivity index (χ3n) is 9.61. The van der Waals surface area contributed by atoms with Gasteiger partial charge in [-0.2, -0.15) is 0 Å². The fourth-order valence-corrected chi connectivity index (χ4v) is 7.78. The first kappa shape index (κ1) is 28.9. The SMILES string of the molecule is COc1ccc(CN2CCCC2)cc1-c1ccc(O)c2c1C[C@H]1C[C@@H]3C(C(=O)C(C(N)=O)=C(O)[C@H]3N(C)C)C(=O)C1=C2O. The first-order valence-corrected chi connectivity index (χ1v) is 14.7. The van der Waals surface area contributed by atoms with Crippen LogP contribution in [0.25, 0.3) is 16.9 Å². The lowest BCUT2D eigenvalue weighted by atomic mass is 9.59. The number of aliphatic hydroxyl groups excluding tert-OH is 2. The van der Waals surface area contributed by atoms with Crippen molar-refractivity contribution in [2.75, 3.05) is 34.3 Å². The quantitative estimate of drug-likeness (QED) is 0.295. The number of aliphatic hydroxyl groups is 2. The van der Waals surface area contributed by atoms with Gasteiger partial charge < -0.3 is 25.8 Å². The second kappa shape index (κ2) is 10.8. The molecular weight excluding hydrogens is 550 g/mol. The lowest BCUT2D eigenvalue weighted by Gasteiger charge is -2.46. The topological polar surface area (TPSA) is 154 Å². The summed E-state index contributed by atoms with van der Waals surface area (Å²) in [5.41, 5.74) is 8.49. The van der Waals surface area contributed by atoms with Crippen LogP contribution < -0.4 is 10.5 Å². The predicted molar refractivity (Wildman–Crippen MR) is 159 cm³/mol. The van der Waals surface area contributed by atoms with E-state index in [4.69, 9.17) is 10.5 Å². The number of likely N-dealkylation sites (N-methyl/N-ethyl adjacent to an activating group) is 1. The number of aromatic hydroxyl groups is 1. The van der Waals surface area contributed by atoms with Crippen LogP contribution in [0.2, 0.25) is 0 Å². The molecule has 0 aromatic heterocycles. The molecule has 1 amide bonds. The Morgan fingerprint density at radius 3 is 2.42 bits per heavy atom. The molecule has 1 aliphatic heterocycles. The minimum atomic E-state index is -1.28. The molecule has 6 rings (SSSR count). The zero-order valence-electron chi connectivity index (χ0n) is 24.6. The highest BCUT2D eigenvalue weighted by Gasteiger charge is 2.55. The molecule has 0 radical (unpaired) electrons. The molecule has 10 heteroatoms. The van der Waals surface area contributed by atoms with Crippen molar-refractivity contribution in [3.8, 4) is 22.6 Å². The lowest BCUT2D eigenvalue weighted by Crippen LogP contribution is -2.55. The van der Waals surface area contributed by atoms with E-state index in [9.17, 15) is 29.7 Å². The van der Waals surface area contributed by atoms with Gasteiger partial charge in [0.25, 0.3) is 5.91 Å². The van der Waals surface area contributed by atoms with Gasteiger partial charge in [-0.3, -0.25) is 24.2 Å². The van der Waals surface area contributed by atoms with Gasteiger partial charge in [0.1, 0.15) is 28.6 Å². The maximum atomic E-state index is 14.0. The first-order valence-electron chi connectivity index (χ1n) is 14.7. The number of ether oxygens (including phenoxy) is 1. The third kappa shape index (κ3) is 4.60. The molecule has 1 unspecified atom stereocenters. The summed E-state index contributed by atoms with van der Waals surface area (Å²) in [6.07, 6.45) is 2.97. The average Bonchev–Trinajstić information content (AvgIpc) is 3.45. The normalized spacial score (nSPS) is 25.6. The van der Waals surface area contributed by atoms with Crippen LogP contribution in [0.5, 0.6) is 11.5 Å². The van der Waals surface area contributed by atoms with Crippen LogP contribution in [0.15, 0.2) is 47.2 Å². The molecule has 1 saturated heterocycles. The van der Waals surface area contributed by atoms with E-state index in [2.05, 4.69) is 11.0 Å². The van der Waals surface area contributed by atoms with E-state index in [1.54, 1.807) is 32.2 Å². The molecule has 2 fully saturated rings. The highest BCUT2D eigenvalue weighted by atomic mass is 16.5. The van der Waals surface area contributed by atoms with Crippen molar-refractivity contribution in [3.63, 3.8) is 0 Å². The first-order chi connectivity index (χ1) is 20.5. The van der Waals surface area contributed by atoms with E-state index in [0.29, 0.717) is 24.2 Å². The zero-order valence-corrected chi connectivity index (χ0v) is 24.6. The largest absolute Gasteiger partial charge is 0.510 e. The fraction of sp³-hybridized carbons (Fsp3) is 0.424. The number of hydrogen-bond acceptors (Lipinski definition) is 9. The third-order valence-corrected chi connectivity index (χ3v) is 9.61. The van der Waals surface area contributed by atoms with E-state index in [-0.39, 0.29) is 22.6 Å². The number of phenols is 1. The van der Waals surface area contributed by atoms with E-state index in [1.807, 2.05) is 12.1 Å². The smallest absolute Gasteiger partial charge is 0.255 e. The van der Waals surface area contributed by atoms with Crippen LogP contribution in [0.3, 0.4) is 0 Å². The number of fused-ring (bicyclic) bond motifs is 3. The fourth-order valence-electron chi connectivity index (χ4n) is 7.78. The van der Waals surface area contributed by atoms with Crippen molar-refractivity contribution in [2.45, 2.75) is 38.3 Å². The molecule has 2 aromatic carbocycles. The minimum absolute atomic E-state index is 0.0621. The summed E-state index contributed by atoms with van der Waals surface area (Å²) in [6.45, 7) is 2.91. The number of Topliss-reactive ketones (excluding diaryl/α,β-unsaturated/α-hetero) is 2. The lowest BCUT2D eigenvalue weighted by molar-refractivity contribution is -0.136. The van der Waals surface area contributed by atoms with Crippen LogP contribution in [-0.2, 0) is 27.3 Å². The predicted octanol–water partition coefficient (Wildman–Crippen LogP) is 3.12. The molecule has 1 heterocycles. The summed E-state index contributed by atoms with van der Waals surface area (Å²) in [5, 5.41) is 33.6. The molecule has 4 atom stereocenters. The monoisotopic (exact) mass is 587 g/mol. The maximum Gasteiger partial charge on any atom is 0.255 e. The van der Waals surface area contributed by atoms with Gasteiger partial charge in [-0.25, -0.2) is 0 Å². The van der Waals surface area contributed by atoms with Crippen LogP contribution in [0, 0.1) is 17.8 Å². The zero-order chi connectivity index (χ0) is 30.7. The van der Waals surface area contributed by atoms with Crippen molar-refractivity contribution in [1.82, 2.24) is 9.80 Å². The number of allylic oxidation sites excluding steroid dienone is 1. The Balaban J connectivity index is 1.47. The molecule has 2 aromatic rings. The Labute approximate surface area is 250 Å². The Kier molecular flexibility index (Phi) is 7.30. The number of ketones is 2. The number of benzene rings is 2. The van der Waals surface area contributed by atoms with Gasteiger partial charge >= 0.3 is 0 Å².